The molecule has 0 radical (unpaired) electrons. The number of hydrogen-bond donors (Lipinski definition) is 2. The fourth-order valence-corrected chi connectivity index (χ4v) is 4.29. The van der Waals surface area contributed by atoms with Crippen LogP contribution in [0.25, 0.3) is 0 Å². The lowest BCUT2D eigenvalue weighted by Gasteiger charge is -2.37. The van der Waals surface area contributed by atoms with Crippen LogP contribution in [-0.2, 0) is 4.79 Å². The van der Waals surface area contributed by atoms with Gasteiger partial charge >= 0.3 is 6.03 Å². The second kappa shape index (κ2) is 12.4. The highest BCUT2D eigenvalue weighted by molar-refractivity contribution is 6.42. The molecule has 10 nitrogen and oxygen atoms in total. The predicted octanol–water partition coefficient (Wildman–Crippen LogP) is 5.08. The van der Waals surface area contributed by atoms with Gasteiger partial charge in [-0.05, 0) is 36.2 Å². The number of carbonyl (C=O) groups is 3. The molecule has 1 saturated heterocycles. The Bertz CT molecular complexity index is 1200. The van der Waals surface area contributed by atoms with Crippen LogP contribution in [0, 0.1) is 16.0 Å². The molecule has 4 amide bonds. The van der Waals surface area contributed by atoms with Gasteiger partial charge in [-0.15, -0.1) is 0 Å². The smallest absolute Gasteiger partial charge is 0.321 e. The lowest BCUT2D eigenvalue weighted by molar-refractivity contribution is -0.384. The molecule has 1 aliphatic rings. The first-order valence-electron chi connectivity index (χ1n) is 11.6. The lowest BCUT2D eigenvalue weighted by Crippen LogP contribution is -2.57. The van der Waals surface area contributed by atoms with Gasteiger partial charge in [-0.3, -0.25) is 19.7 Å². The molecular weight excluding hydrogens is 545 g/mol. The molecule has 0 spiro atoms. The van der Waals surface area contributed by atoms with Crippen molar-refractivity contribution in [2.24, 2.45) is 5.92 Å². The van der Waals surface area contributed by atoms with Gasteiger partial charge in [0.1, 0.15) is 11.1 Å². The largest absolute Gasteiger partial charge is 0.340 e. The molecule has 2 aromatic rings. The Hall–Kier alpha value is -3.08. The molecule has 198 valence electrons. The summed E-state index contributed by atoms with van der Waals surface area (Å²) in [6.45, 7) is 4.89. The molecule has 0 bridgehead atoms. The van der Waals surface area contributed by atoms with E-state index in [0.717, 1.165) is 6.07 Å². The Morgan fingerprint density at radius 2 is 1.59 bits per heavy atom. The number of urea groups is 1. The fourth-order valence-electron chi connectivity index (χ4n) is 3.80. The molecule has 2 atom stereocenters. The number of piperazine rings is 1. The second-order valence-electron chi connectivity index (χ2n) is 8.63. The summed E-state index contributed by atoms with van der Waals surface area (Å²) in [6, 6.07) is 7.33. The van der Waals surface area contributed by atoms with Gasteiger partial charge in [-0.2, -0.15) is 0 Å². The highest BCUT2D eigenvalue weighted by Gasteiger charge is 2.33. The summed E-state index contributed by atoms with van der Waals surface area (Å²) in [6.07, 6.45) is 0.615. The number of anilines is 1. The SMILES string of the molecule is CCC(C)C(NC(=O)c1ccc(Cl)c([N+](=O)[O-])c1)C(=O)N1CCN(C(=O)Nc2ccc(Cl)c(Cl)c2)CC1. The fraction of sp³-hybridized carbons (Fsp3) is 0.375. The van der Waals surface area contributed by atoms with E-state index in [1.807, 2.05) is 13.8 Å². The van der Waals surface area contributed by atoms with Crippen molar-refractivity contribution in [2.75, 3.05) is 31.5 Å². The Morgan fingerprint density at radius 3 is 2.19 bits per heavy atom. The van der Waals surface area contributed by atoms with Crippen molar-refractivity contribution in [3.63, 3.8) is 0 Å². The zero-order valence-corrected chi connectivity index (χ0v) is 22.4. The first kappa shape index (κ1) is 28.5. The first-order valence-corrected chi connectivity index (χ1v) is 12.7. The maximum absolute atomic E-state index is 13.4. The van der Waals surface area contributed by atoms with Crippen LogP contribution in [0.15, 0.2) is 36.4 Å². The van der Waals surface area contributed by atoms with Gasteiger partial charge in [-0.25, -0.2) is 4.79 Å². The Labute approximate surface area is 229 Å². The summed E-state index contributed by atoms with van der Waals surface area (Å²) in [5.41, 5.74) is 0.136. The van der Waals surface area contributed by atoms with E-state index in [1.54, 1.807) is 28.0 Å². The number of halogens is 3. The summed E-state index contributed by atoms with van der Waals surface area (Å²) < 4.78 is 0. The van der Waals surface area contributed by atoms with E-state index in [2.05, 4.69) is 10.6 Å². The number of carbonyl (C=O) groups excluding carboxylic acids is 3. The van der Waals surface area contributed by atoms with Crippen LogP contribution < -0.4 is 10.6 Å². The van der Waals surface area contributed by atoms with E-state index in [0.29, 0.717) is 35.2 Å². The summed E-state index contributed by atoms with van der Waals surface area (Å²) in [7, 11) is 0. The molecule has 1 heterocycles. The van der Waals surface area contributed by atoms with Crippen molar-refractivity contribution in [1.82, 2.24) is 15.1 Å². The zero-order chi connectivity index (χ0) is 27.3. The van der Waals surface area contributed by atoms with Crippen molar-refractivity contribution in [3.8, 4) is 0 Å². The maximum Gasteiger partial charge on any atom is 0.321 e. The minimum Gasteiger partial charge on any atom is -0.340 e. The quantitative estimate of drug-likeness (QED) is 0.355. The van der Waals surface area contributed by atoms with E-state index in [4.69, 9.17) is 34.8 Å². The lowest BCUT2D eigenvalue weighted by atomic mass is 9.97. The van der Waals surface area contributed by atoms with Crippen LogP contribution in [0.1, 0.15) is 30.6 Å². The van der Waals surface area contributed by atoms with Crippen LogP contribution in [-0.4, -0.2) is 64.8 Å². The van der Waals surface area contributed by atoms with E-state index < -0.39 is 22.6 Å². The molecule has 1 aliphatic heterocycles. The number of rotatable bonds is 7. The molecule has 0 aromatic heterocycles. The summed E-state index contributed by atoms with van der Waals surface area (Å²) in [5, 5.41) is 17.3. The molecule has 0 aliphatic carbocycles. The monoisotopic (exact) mass is 569 g/mol. The molecule has 13 heteroatoms. The van der Waals surface area contributed by atoms with Crippen molar-refractivity contribution < 1.29 is 19.3 Å². The molecule has 2 N–H and O–H groups in total. The van der Waals surface area contributed by atoms with Gasteiger partial charge in [0.15, 0.2) is 0 Å². The van der Waals surface area contributed by atoms with Crippen molar-refractivity contribution in [1.29, 1.82) is 0 Å². The van der Waals surface area contributed by atoms with Crippen molar-refractivity contribution >= 4 is 64.0 Å². The molecule has 1 fully saturated rings. The number of amides is 4. The standard InChI is InChI=1S/C24H26Cl3N5O5/c1-3-14(2)21(29-22(33)15-4-6-18(26)20(12-15)32(36)37)23(34)30-8-10-31(11-9-30)24(35)28-16-5-7-17(25)19(27)13-16/h4-7,12-14,21H,3,8-11H2,1-2H3,(H,28,35)(H,29,33). The molecule has 0 saturated carbocycles. The van der Waals surface area contributed by atoms with Crippen LogP contribution >= 0.6 is 34.8 Å². The van der Waals surface area contributed by atoms with E-state index >= 15 is 0 Å². The normalized spacial score (nSPS) is 15.1. The third-order valence-electron chi connectivity index (χ3n) is 6.22. The summed E-state index contributed by atoms with van der Waals surface area (Å²) in [5.74, 6) is -1.09. The molecule has 37 heavy (non-hydrogen) atoms. The average molecular weight is 571 g/mol. The predicted molar refractivity (Wildman–Crippen MR) is 142 cm³/mol. The molecule has 2 unspecified atom stereocenters. The highest BCUT2D eigenvalue weighted by Crippen LogP contribution is 2.26. The van der Waals surface area contributed by atoms with Gasteiger partial charge in [-0.1, -0.05) is 55.1 Å². The van der Waals surface area contributed by atoms with Gasteiger partial charge in [0.05, 0.1) is 15.0 Å². The number of nitrogens with zero attached hydrogens (tertiary/aromatic N) is 3. The third-order valence-corrected chi connectivity index (χ3v) is 7.28. The summed E-state index contributed by atoms with van der Waals surface area (Å²) in [4.78, 5) is 52.6. The molecule has 2 aromatic carbocycles. The Kier molecular flexibility index (Phi) is 9.58. The van der Waals surface area contributed by atoms with E-state index in [-0.39, 0.29) is 41.5 Å². The molecule has 3 rings (SSSR count). The van der Waals surface area contributed by atoms with Gasteiger partial charge in [0.25, 0.3) is 11.6 Å². The maximum atomic E-state index is 13.4. The van der Waals surface area contributed by atoms with E-state index in [9.17, 15) is 24.5 Å². The third kappa shape index (κ3) is 7.03. The van der Waals surface area contributed by atoms with Crippen LogP contribution in [0.3, 0.4) is 0 Å². The number of hydrogen-bond acceptors (Lipinski definition) is 5. The van der Waals surface area contributed by atoms with Gasteiger partial charge in [0, 0.05) is 43.5 Å². The number of nitro groups is 1. The van der Waals surface area contributed by atoms with Crippen LogP contribution in [0.5, 0.6) is 0 Å². The minimum absolute atomic E-state index is 0.0287. The number of benzene rings is 2. The number of nitro benzene ring substituents is 1. The van der Waals surface area contributed by atoms with Gasteiger partial charge < -0.3 is 20.4 Å². The summed E-state index contributed by atoms with van der Waals surface area (Å²) >= 11 is 17.8. The first-order chi connectivity index (χ1) is 17.5. The van der Waals surface area contributed by atoms with E-state index in [1.165, 1.54) is 12.1 Å². The average Bonchev–Trinajstić information content (AvgIpc) is 2.88. The highest BCUT2D eigenvalue weighted by atomic mass is 35.5. The van der Waals surface area contributed by atoms with Crippen LogP contribution in [0.4, 0.5) is 16.2 Å². The zero-order valence-electron chi connectivity index (χ0n) is 20.2. The topological polar surface area (TPSA) is 125 Å². The van der Waals surface area contributed by atoms with Crippen molar-refractivity contribution in [3.05, 3.63) is 67.1 Å². The Balaban J connectivity index is 1.64. The van der Waals surface area contributed by atoms with Crippen LogP contribution in [0.2, 0.25) is 15.1 Å². The molecular formula is C24H26Cl3N5O5. The minimum atomic E-state index is -0.844. The van der Waals surface area contributed by atoms with Crippen molar-refractivity contribution in [2.45, 2.75) is 26.3 Å². The Morgan fingerprint density at radius 1 is 0.973 bits per heavy atom. The second-order valence-corrected chi connectivity index (χ2v) is 9.85. The number of nitrogens with one attached hydrogen (secondary N) is 2. The van der Waals surface area contributed by atoms with Gasteiger partial charge in [0.2, 0.25) is 5.91 Å².